The van der Waals surface area contributed by atoms with Crippen molar-refractivity contribution in [3.05, 3.63) is 35.9 Å². The molecule has 32 heavy (non-hydrogen) atoms. The number of amides is 1. The molecule has 0 unspecified atom stereocenters. The van der Waals surface area contributed by atoms with Crippen molar-refractivity contribution < 1.29 is 9.32 Å². The monoisotopic (exact) mass is 440 g/mol. The fourth-order valence-electron chi connectivity index (χ4n) is 3.99. The number of nitrogens with zero attached hydrogens (tertiary/aromatic N) is 4. The number of carbonyl (C=O) groups is 1. The molecule has 1 aromatic carbocycles. The van der Waals surface area contributed by atoms with Crippen LogP contribution in [0.15, 0.2) is 34.9 Å². The number of benzene rings is 1. The molecule has 1 saturated heterocycles. The number of hydrogen-bond donors (Lipinski definition) is 0. The van der Waals surface area contributed by atoms with Crippen LogP contribution in [-0.4, -0.2) is 60.6 Å². The van der Waals surface area contributed by atoms with Gasteiger partial charge in [-0.05, 0) is 24.8 Å². The normalized spacial score (nSPS) is 15.4. The van der Waals surface area contributed by atoms with Crippen molar-refractivity contribution in [1.29, 1.82) is 0 Å². The highest BCUT2D eigenvalue weighted by atomic mass is 16.5. The summed E-state index contributed by atoms with van der Waals surface area (Å²) in [5.74, 6) is 1.55. The second-order valence-corrected chi connectivity index (χ2v) is 10.7. The van der Waals surface area contributed by atoms with E-state index in [1.165, 1.54) is 0 Å². The Bertz CT molecular complexity index is 862. The first kappa shape index (κ1) is 24.3. The van der Waals surface area contributed by atoms with Crippen LogP contribution in [0.3, 0.4) is 0 Å². The molecule has 2 heterocycles. The zero-order chi connectivity index (χ0) is 23.3. The van der Waals surface area contributed by atoms with E-state index in [1.807, 2.05) is 23.1 Å². The third kappa shape index (κ3) is 6.58. The Morgan fingerprint density at radius 2 is 1.78 bits per heavy atom. The largest absolute Gasteiger partial charge is 0.338 e. The second kappa shape index (κ2) is 10.5. The second-order valence-electron chi connectivity index (χ2n) is 10.7. The molecule has 0 spiro atoms. The lowest BCUT2D eigenvalue weighted by Crippen LogP contribution is -2.45. The van der Waals surface area contributed by atoms with E-state index in [2.05, 4.69) is 68.8 Å². The summed E-state index contributed by atoms with van der Waals surface area (Å²) in [4.78, 5) is 20.0. The Morgan fingerprint density at radius 1 is 1.12 bits per heavy atom. The average molecular weight is 441 g/mol. The molecule has 2 aromatic rings. The van der Waals surface area contributed by atoms with Crippen molar-refractivity contribution >= 4 is 11.8 Å². The maximum absolute atomic E-state index is 13.3. The van der Waals surface area contributed by atoms with Gasteiger partial charge in [0.2, 0.25) is 11.8 Å². The molecule has 0 aliphatic carbocycles. The fourth-order valence-corrected chi connectivity index (χ4v) is 3.99. The molecule has 1 aliphatic heterocycles. The van der Waals surface area contributed by atoms with Gasteiger partial charge in [0.25, 0.3) is 0 Å². The van der Waals surface area contributed by atoms with Crippen LogP contribution in [0, 0.1) is 11.3 Å². The SMILES string of the molecule is CC(C)CCN(Cc1c(-c2ccccc2)noc1N1CCN(C)CC1)C(=O)CC(C)(C)C. The van der Waals surface area contributed by atoms with E-state index in [9.17, 15) is 4.79 Å². The van der Waals surface area contributed by atoms with Crippen LogP contribution in [0.1, 0.15) is 53.0 Å². The summed E-state index contributed by atoms with van der Waals surface area (Å²) in [6.45, 7) is 15.8. The highest BCUT2D eigenvalue weighted by Crippen LogP contribution is 2.33. The molecule has 0 N–H and O–H groups in total. The van der Waals surface area contributed by atoms with Crippen molar-refractivity contribution in [1.82, 2.24) is 15.0 Å². The minimum atomic E-state index is -0.0512. The summed E-state index contributed by atoms with van der Waals surface area (Å²) in [6.07, 6.45) is 1.51. The van der Waals surface area contributed by atoms with Gasteiger partial charge in [0.05, 0.1) is 12.1 Å². The first-order valence-corrected chi connectivity index (χ1v) is 11.9. The third-order valence-corrected chi connectivity index (χ3v) is 5.96. The summed E-state index contributed by atoms with van der Waals surface area (Å²) >= 11 is 0. The summed E-state index contributed by atoms with van der Waals surface area (Å²) in [5.41, 5.74) is 2.84. The molecule has 0 atom stereocenters. The zero-order valence-electron chi connectivity index (χ0n) is 20.7. The van der Waals surface area contributed by atoms with Crippen molar-refractivity contribution in [3.63, 3.8) is 0 Å². The molecule has 0 radical (unpaired) electrons. The lowest BCUT2D eigenvalue weighted by atomic mass is 9.91. The van der Waals surface area contributed by atoms with Crippen molar-refractivity contribution in [2.45, 2.75) is 54.0 Å². The van der Waals surface area contributed by atoms with E-state index in [4.69, 9.17) is 4.52 Å². The number of piperazine rings is 1. The van der Waals surface area contributed by atoms with Gasteiger partial charge in [0.15, 0.2) is 0 Å². The van der Waals surface area contributed by atoms with E-state index >= 15 is 0 Å². The van der Waals surface area contributed by atoms with Gasteiger partial charge in [-0.25, -0.2) is 0 Å². The predicted molar refractivity (Wildman–Crippen MR) is 131 cm³/mol. The molecular formula is C26H40N4O2. The topological polar surface area (TPSA) is 52.8 Å². The van der Waals surface area contributed by atoms with E-state index in [-0.39, 0.29) is 11.3 Å². The van der Waals surface area contributed by atoms with Crippen LogP contribution in [0.4, 0.5) is 5.88 Å². The van der Waals surface area contributed by atoms with Crippen LogP contribution in [0.2, 0.25) is 0 Å². The number of hydrogen-bond acceptors (Lipinski definition) is 5. The van der Waals surface area contributed by atoms with Crippen molar-refractivity contribution in [3.8, 4) is 11.3 Å². The highest BCUT2D eigenvalue weighted by molar-refractivity contribution is 5.78. The van der Waals surface area contributed by atoms with Gasteiger partial charge in [-0.3, -0.25) is 4.79 Å². The maximum Gasteiger partial charge on any atom is 0.232 e. The van der Waals surface area contributed by atoms with Gasteiger partial charge in [-0.15, -0.1) is 0 Å². The Morgan fingerprint density at radius 3 is 2.38 bits per heavy atom. The molecular weight excluding hydrogens is 400 g/mol. The van der Waals surface area contributed by atoms with Gasteiger partial charge in [0, 0.05) is 44.7 Å². The number of likely N-dealkylation sites (N-methyl/N-ethyl adjacent to an activating group) is 1. The van der Waals surface area contributed by atoms with E-state index < -0.39 is 0 Å². The van der Waals surface area contributed by atoms with E-state index in [1.54, 1.807) is 0 Å². The van der Waals surface area contributed by atoms with Crippen molar-refractivity contribution in [2.75, 3.05) is 44.7 Å². The van der Waals surface area contributed by atoms with Crippen LogP contribution in [0.5, 0.6) is 0 Å². The first-order chi connectivity index (χ1) is 15.1. The summed E-state index contributed by atoms with van der Waals surface area (Å²) in [5, 5.41) is 4.49. The first-order valence-electron chi connectivity index (χ1n) is 11.9. The number of carbonyl (C=O) groups excluding carboxylic acids is 1. The highest BCUT2D eigenvalue weighted by Gasteiger charge is 2.29. The number of rotatable bonds is 8. The van der Waals surface area contributed by atoms with Crippen LogP contribution in [0.25, 0.3) is 11.3 Å². The molecule has 0 saturated carbocycles. The predicted octanol–water partition coefficient (Wildman–Crippen LogP) is 4.90. The van der Waals surface area contributed by atoms with Crippen molar-refractivity contribution in [2.24, 2.45) is 11.3 Å². The number of aromatic nitrogens is 1. The number of anilines is 1. The van der Waals surface area contributed by atoms with Crippen LogP contribution >= 0.6 is 0 Å². The zero-order valence-corrected chi connectivity index (χ0v) is 20.7. The van der Waals surface area contributed by atoms with E-state index in [0.29, 0.717) is 18.9 Å². The molecule has 0 bridgehead atoms. The van der Waals surface area contributed by atoms with Gasteiger partial charge >= 0.3 is 0 Å². The Balaban J connectivity index is 1.95. The van der Waals surface area contributed by atoms with Gasteiger partial charge in [-0.2, -0.15) is 0 Å². The molecule has 1 fully saturated rings. The van der Waals surface area contributed by atoms with Crippen LogP contribution < -0.4 is 4.90 Å². The van der Waals surface area contributed by atoms with Crippen LogP contribution in [-0.2, 0) is 11.3 Å². The van der Waals surface area contributed by atoms with Gasteiger partial charge < -0.3 is 19.2 Å². The fraction of sp³-hybridized carbons (Fsp3) is 0.615. The van der Waals surface area contributed by atoms with E-state index in [0.717, 1.165) is 61.8 Å². The smallest absolute Gasteiger partial charge is 0.232 e. The molecule has 1 aromatic heterocycles. The minimum absolute atomic E-state index is 0.0512. The van der Waals surface area contributed by atoms with Gasteiger partial charge in [-0.1, -0.05) is 70.1 Å². The maximum atomic E-state index is 13.3. The summed E-state index contributed by atoms with van der Waals surface area (Å²) in [7, 11) is 2.15. The third-order valence-electron chi connectivity index (χ3n) is 5.96. The minimum Gasteiger partial charge on any atom is -0.338 e. The Hall–Kier alpha value is -2.34. The lowest BCUT2D eigenvalue weighted by Gasteiger charge is -2.33. The lowest BCUT2D eigenvalue weighted by molar-refractivity contribution is -0.133. The molecule has 1 amide bonds. The molecule has 6 nitrogen and oxygen atoms in total. The quantitative estimate of drug-likeness (QED) is 0.584. The Labute approximate surface area is 193 Å². The molecule has 6 heteroatoms. The molecule has 1 aliphatic rings. The standard InChI is InChI=1S/C26H40N4O2/c1-20(2)12-13-30(23(31)18-26(3,4)5)19-22-24(21-10-8-7-9-11-21)27-32-25(22)29-16-14-28(6)15-17-29/h7-11,20H,12-19H2,1-6H3. The summed E-state index contributed by atoms with van der Waals surface area (Å²) in [6, 6.07) is 10.2. The Kier molecular flexibility index (Phi) is 7.99. The summed E-state index contributed by atoms with van der Waals surface area (Å²) < 4.78 is 5.95. The average Bonchev–Trinajstić information content (AvgIpc) is 3.14. The molecule has 176 valence electrons. The van der Waals surface area contributed by atoms with Gasteiger partial charge in [0.1, 0.15) is 5.69 Å². The molecule has 3 rings (SSSR count).